The first-order valence-electron chi connectivity index (χ1n) is 6.41. The number of carbonyl (C=O) groups is 1. The van der Waals surface area contributed by atoms with Crippen LogP contribution in [-0.4, -0.2) is 21.8 Å². The summed E-state index contributed by atoms with van der Waals surface area (Å²) in [5.74, 6) is -0.635. The number of pyridine rings is 1. The molecule has 1 aliphatic heterocycles. The average Bonchev–Trinajstić information content (AvgIpc) is 2.89. The summed E-state index contributed by atoms with van der Waals surface area (Å²) in [6.45, 7) is 0. The number of nitro benzene ring substituents is 1. The van der Waals surface area contributed by atoms with E-state index in [2.05, 4.69) is 9.98 Å². The molecule has 8 heteroatoms. The van der Waals surface area contributed by atoms with Crippen LogP contribution in [0, 0.1) is 10.1 Å². The number of hydrogen-bond donors (Lipinski definition) is 0. The summed E-state index contributed by atoms with van der Waals surface area (Å²) < 4.78 is 5.07. The van der Waals surface area contributed by atoms with Crippen LogP contribution in [0.25, 0.3) is 6.08 Å². The van der Waals surface area contributed by atoms with E-state index in [-0.39, 0.29) is 22.3 Å². The number of cyclic esters (lactones) is 1. The van der Waals surface area contributed by atoms with Gasteiger partial charge in [0.05, 0.1) is 4.92 Å². The van der Waals surface area contributed by atoms with E-state index in [1.807, 2.05) is 0 Å². The van der Waals surface area contributed by atoms with Crippen molar-refractivity contribution in [3.8, 4) is 0 Å². The van der Waals surface area contributed by atoms with Crippen molar-refractivity contribution in [3.63, 3.8) is 0 Å². The Morgan fingerprint density at radius 3 is 2.65 bits per heavy atom. The predicted molar refractivity (Wildman–Crippen MR) is 82.9 cm³/mol. The van der Waals surface area contributed by atoms with Crippen LogP contribution in [0.3, 0.4) is 0 Å². The number of nitro groups is 1. The van der Waals surface area contributed by atoms with E-state index in [0.29, 0.717) is 5.56 Å². The lowest BCUT2D eigenvalue weighted by molar-refractivity contribution is -0.384. The lowest BCUT2D eigenvalue weighted by atomic mass is 10.2. The topological polar surface area (TPSA) is 94.7 Å². The van der Waals surface area contributed by atoms with Crippen LogP contribution in [0.2, 0.25) is 5.02 Å². The molecule has 2 aromatic rings. The zero-order chi connectivity index (χ0) is 16.4. The predicted octanol–water partition coefficient (Wildman–Crippen LogP) is 2.99. The van der Waals surface area contributed by atoms with Gasteiger partial charge in [0.15, 0.2) is 5.70 Å². The number of aliphatic imine (C=N–C) groups is 1. The molecular weight excluding hydrogens is 322 g/mol. The monoisotopic (exact) mass is 329 g/mol. The van der Waals surface area contributed by atoms with Gasteiger partial charge < -0.3 is 4.74 Å². The number of hydrogen-bond acceptors (Lipinski definition) is 6. The summed E-state index contributed by atoms with van der Waals surface area (Å²) in [5, 5.41) is 10.9. The maximum absolute atomic E-state index is 11.9. The minimum atomic E-state index is -0.630. The average molecular weight is 330 g/mol. The first-order chi connectivity index (χ1) is 11.0. The van der Waals surface area contributed by atoms with Gasteiger partial charge in [-0.3, -0.25) is 15.1 Å². The number of halogens is 1. The quantitative estimate of drug-likeness (QED) is 0.373. The van der Waals surface area contributed by atoms with Crippen LogP contribution in [0.5, 0.6) is 0 Å². The van der Waals surface area contributed by atoms with Gasteiger partial charge in [0.25, 0.3) is 5.69 Å². The molecule has 0 aliphatic carbocycles. The molecular formula is C15H8ClN3O4. The van der Waals surface area contributed by atoms with Crippen molar-refractivity contribution in [1.82, 2.24) is 4.98 Å². The zero-order valence-corrected chi connectivity index (χ0v) is 12.2. The van der Waals surface area contributed by atoms with Crippen LogP contribution < -0.4 is 0 Å². The number of ether oxygens (including phenoxy) is 1. The van der Waals surface area contributed by atoms with E-state index < -0.39 is 10.9 Å². The molecule has 23 heavy (non-hydrogen) atoms. The van der Waals surface area contributed by atoms with Gasteiger partial charge in [0, 0.05) is 24.0 Å². The van der Waals surface area contributed by atoms with Crippen molar-refractivity contribution >= 4 is 35.2 Å². The molecule has 1 aromatic carbocycles. The van der Waals surface area contributed by atoms with Crippen molar-refractivity contribution in [3.05, 3.63) is 74.7 Å². The van der Waals surface area contributed by atoms with Crippen molar-refractivity contribution in [2.24, 2.45) is 4.99 Å². The second kappa shape index (κ2) is 5.98. The fraction of sp³-hybridized carbons (Fsp3) is 0. The van der Waals surface area contributed by atoms with Gasteiger partial charge >= 0.3 is 5.97 Å². The van der Waals surface area contributed by atoms with Crippen molar-refractivity contribution in [2.75, 3.05) is 0 Å². The molecule has 2 heterocycles. The third-order valence-corrected chi connectivity index (χ3v) is 3.34. The van der Waals surface area contributed by atoms with E-state index >= 15 is 0 Å². The van der Waals surface area contributed by atoms with E-state index in [0.717, 1.165) is 5.56 Å². The molecule has 1 aliphatic rings. The van der Waals surface area contributed by atoms with Crippen molar-refractivity contribution in [1.29, 1.82) is 0 Å². The van der Waals surface area contributed by atoms with E-state index in [4.69, 9.17) is 16.3 Å². The highest BCUT2D eigenvalue weighted by Crippen LogP contribution is 2.27. The molecule has 0 amide bonds. The van der Waals surface area contributed by atoms with Crippen LogP contribution in [0.15, 0.2) is 53.4 Å². The normalized spacial score (nSPS) is 15.4. The minimum Gasteiger partial charge on any atom is -0.402 e. The standard InChI is InChI=1S/C15H8ClN3O4/c16-11-2-1-10(8-13(11)19(21)22)14-18-12(15(20)23-14)7-9-3-5-17-6-4-9/h1-8H/b12-7+. The molecule has 0 bridgehead atoms. The molecule has 0 atom stereocenters. The van der Waals surface area contributed by atoms with Crippen molar-refractivity contribution < 1.29 is 14.5 Å². The fourth-order valence-corrected chi connectivity index (χ4v) is 2.12. The molecule has 7 nitrogen and oxygen atoms in total. The summed E-state index contributed by atoms with van der Waals surface area (Å²) in [6.07, 6.45) is 4.71. The minimum absolute atomic E-state index is 0.00350. The molecule has 3 rings (SSSR count). The number of nitrogens with zero attached hydrogens (tertiary/aromatic N) is 3. The van der Waals surface area contributed by atoms with Crippen LogP contribution in [-0.2, 0) is 9.53 Å². The largest absolute Gasteiger partial charge is 0.402 e. The number of carbonyl (C=O) groups excluding carboxylic acids is 1. The summed E-state index contributed by atoms with van der Waals surface area (Å²) in [4.78, 5) is 30.1. The van der Waals surface area contributed by atoms with E-state index in [1.54, 1.807) is 30.6 Å². The Labute approximate surface area is 135 Å². The second-order valence-electron chi connectivity index (χ2n) is 4.54. The third-order valence-electron chi connectivity index (χ3n) is 3.02. The molecule has 0 spiro atoms. The molecule has 0 N–H and O–H groups in total. The lowest BCUT2D eigenvalue weighted by Crippen LogP contribution is -2.06. The van der Waals surface area contributed by atoms with Crippen LogP contribution in [0.4, 0.5) is 5.69 Å². The SMILES string of the molecule is O=C1OC(c2ccc(Cl)c([N+](=O)[O-])c2)=N/C1=C/c1ccncc1. The molecule has 1 aromatic heterocycles. The van der Waals surface area contributed by atoms with Crippen molar-refractivity contribution in [2.45, 2.75) is 0 Å². The van der Waals surface area contributed by atoms with Crippen LogP contribution in [0.1, 0.15) is 11.1 Å². The smallest absolute Gasteiger partial charge is 0.363 e. The molecule has 0 saturated carbocycles. The number of rotatable bonds is 3. The van der Waals surface area contributed by atoms with Gasteiger partial charge in [-0.2, -0.15) is 0 Å². The summed E-state index contributed by atoms with van der Waals surface area (Å²) in [5.41, 5.74) is 0.852. The second-order valence-corrected chi connectivity index (χ2v) is 4.95. The number of benzene rings is 1. The summed E-state index contributed by atoms with van der Waals surface area (Å²) in [6, 6.07) is 7.48. The molecule has 0 radical (unpaired) electrons. The molecule has 0 unspecified atom stereocenters. The first-order valence-corrected chi connectivity index (χ1v) is 6.79. The van der Waals surface area contributed by atoms with Gasteiger partial charge in [0.1, 0.15) is 5.02 Å². The fourth-order valence-electron chi connectivity index (χ4n) is 1.94. The van der Waals surface area contributed by atoms with Gasteiger partial charge in [-0.05, 0) is 35.9 Å². The van der Waals surface area contributed by atoms with Gasteiger partial charge in [-0.25, -0.2) is 9.79 Å². The van der Waals surface area contributed by atoms with Crippen LogP contribution >= 0.6 is 11.6 Å². The molecule has 0 fully saturated rings. The highest BCUT2D eigenvalue weighted by molar-refractivity contribution is 6.32. The maximum atomic E-state index is 11.9. The van der Waals surface area contributed by atoms with E-state index in [9.17, 15) is 14.9 Å². The Morgan fingerprint density at radius 2 is 1.96 bits per heavy atom. The Hall–Kier alpha value is -3.06. The maximum Gasteiger partial charge on any atom is 0.363 e. The van der Waals surface area contributed by atoms with E-state index in [1.165, 1.54) is 18.2 Å². The van der Waals surface area contributed by atoms with Gasteiger partial charge in [-0.15, -0.1) is 0 Å². The number of esters is 1. The molecule has 0 saturated heterocycles. The Balaban J connectivity index is 1.97. The third kappa shape index (κ3) is 3.09. The number of aromatic nitrogens is 1. The highest BCUT2D eigenvalue weighted by Gasteiger charge is 2.26. The molecule has 114 valence electrons. The van der Waals surface area contributed by atoms with Gasteiger partial charge in [-0.1, -0.05) is 11.6 Å². The van der Waals surface area contributed by atoms with Gasteiger partial charge in [0.2, 0.25) is 5.90 Å². The Morgan fingerprint density at radius 1 is 1.22 bits per heavy atom. The zero-order valence-electron chi connectivity index (χ0n) is 11.5. The summed E-state index contributed by atoms with van der Waals surface area (Å²) >= 11 is 5.76. The lowest BCUT2D eigenvalue weighted by Gasteiger charge is -2.00. The first kappa shape index (κ1) is 14.9. The Bertz CT molecular complexity index is 862. The summed E-state index contributed by atoms with van der Waals surface area (Å²) in [7, 11) is 0. The highest BCUT2D eigenvalue weighted by atomic mass is 35.5. The Kier molecular flexibility index (Phi) is 3.86.